The van der Waals surface area contributed by atoms with Gasteiger partial charge in [-0.05, 0) is 68.1 Å². The van der Waals surface area contributed by atoms with Crippen LogP contribution in [0, 0.1) is 20.8 Å². The van der Waals surface area contributed by atoms with E-state index in [1.54, 1.807) is 0 Å². The number of aryl methyl sites for hydroxylation is 3. The highest BCUT2D eigenvalue weighted by atomic mass is 35.5. The van der Waals surface area contributed by atoms with Crippen molar-refractivity contribution in [1.29, 1.82) is 0 Å². The number of anilines is 2. The molecular formula is C25H32ClN3O2. The monoisotopic (exact) mass is 441 g/mol. The second-order valence-electron chi connectivity index (χ2n) is 8.36. The highest BCUT2D eigenvalue weighted by molar-refractivity contribution is 6.31. The average molecular weight is 442 g/mol. The molecule has 0 spiro atoms. The molecule has 3 aromatic rings. The lowest BCUT2D eigenvalue weighted by Crippen LogP contribution is -2.23. The number of halogens is 1. The van der Waals surface area contributed by atoms with Crippen LogP contribution in [-0.2, 0) is 18.4 Å². The zero-order chi connectivity index (χ0) is 22.7. The predicted molar refractivity (Wildman–Crippen MR) is 130 cm³/mol. The lowest BCUT2D eigenvalue weighted by Gasteiger charge is -2.21. The number of carbonyl (C=O) groups is 1. The van der Waals surface area contributed by atoms with Gasteiger partial charge in [0.2, 0.25) is 0 Å². The molecular weight excluding hydrogens is 410 g/mol. The number of carboxylic acid groups (broad SMARTS) is 1. The van der Waals surface area contributed by atoms with Gasteiger partial charge in [-0.2, -0.15) is 0 Å². The molecule has 0 saturated carbocycles. The summed E-state index contributed by atoms with van der Waals surface area (Å²) in [5.74, 6) is -0.788. The number of aromatic nitrogens is 1. The first-order valence-electron chi connectivity index (χ1n) is 10.8. The number of nitrogens with zero attached hydrogens (tertiary/aromatic N) is 1. The van der Waals surface area contributed by atoms with Crippen molar-refractivity contribution < 1.29 is 9.90 Å². The van der Waals surface area contributed by atoms with Crippen LogP contribution in [-0.4, -0.2) is 21.7 Å². The topological polar surface area (TPSA) is 66.3 Å². The zero-order valence-electron chi connectivity index (χ0n) is 19.0. The van der Waals surface area contributed by atoms with Crippen LogP contribution < -0.4 is 10.6 Å². The van der Waals surface area contributed by atoms with E-state index in [1.807, 2.05) is 25.1 Å². The molecule has 0 aliphatic carbocycles. The molecule has 1 unspecified atom stereocenters. The maximum atomic E-state index is 11.3. The van der Waals surface area contributed by atoms with E-state index >= 15 is 0 Å². The van der Waals surface area contributed by atoms with Crippen LogP contribution in [0.5, 0.6) is 0 Å². The molecule has 166 valence electrons. The molecule has 31 heavy (non-hydrogen) atoms. The molecule has 6 heteroatoms. The van der Waals surface area contributed by atoms with Crippen LogP contribution in [0.1, 0.15) is 48.6 Å². The highest BCUT2D eigenvalue weighted by Crippen LogP contribution is 2.32. The molecule has 0 amide bonds. The fourth-order valence-electron chi connectivity index (χ4n) is 4.21. The summed E-state index contributed by atoms with van der Waals surface area (Å²) in [6.07, 6.45) is 1.82. The number of carboxylic acids is 1. The van der Waals surface area contributed by atoms with Gasteiger partial charge in [0.15, 0.2) is 0 Å². The van der Waals surface area contributed by atoms with Crippen LogP contribution >= 0.6 is 11.6 Å². The summed E-state index contributed by atoms with van der Waals surface area (Å²) in [5.41, 5.74) is 7.79. The molecule has 0 fully saturated rings. The molecule has 1 aromatic heterocycles. The first kappa shape index (κ1) is 23.0. The van der Waals surface area contributed by atoms with Crippen LogP contribution in [0.25, 0.3) is 10.9 Å². The number of hydrogen-bond acceptors (Lipinski definition) is 3. The van der Waals surface area contributed by atoms with E-state index in [2.05, 4.69) is 55.2 Å². The van der Waals surface area contributed by atoms with Crippen LogP contribution in [0.2, 0.25) is 5.02 Å². The van der Waals surface area contributed by atoms with Crippen molar-refractivity contribution in [2.45, 2.75) is 59.5 Å². The summed E-state index contributed by atoms with van der Waals surface area (Å²) in [6, 6.07) is 10.1. The molecule has 5 nitrogen and oxygen atoms in total. The smallest absolute Gasteiger partial charge is 0.305 e. The van der Waals surface area contributed by atoms with E-state index in [4.69, 9.17) is 11.6 Å². The van der Waals surface area contributed by atoms with Crippen molar-refractivity contribution in [3.05, 3.63) is 57.7 Å². The molecule has 3 N–H and O–H groups in total. The minimum atomic E-state index is -0.788. The normalized spacial score (nSPS) is 12.2. The van der Waals surface area contributed by atoms with Gasteiger partial charge in [-0.3, -0.25) is 4.79 Å². The van der Waals surface area contributed by atoms with E-state index in [0.717, 1.165) is 40.4 Å². The summed E-state index contributed by atoms with van der Waals surface area (Å²) < 4.78 is 2.22. The lowest BCUT2D eigenvalue weighted by atomic mass is 10.1. The van der Waals surface area contributed by atoms with Crippen molar-refractivity contribution in [2.24, 2.45) is 7.05 Å². The quantitative estimate of drug-likeness (QED) is 0.358. The van der Waals surface area contributed by atoms with Gasteiger partial charge in [0.25, 0.3) is 0 Å². The molecule has 0 saturated heterocycles. The molecule has 2 aromatic carbocycles. The Morgan fingerprint density at radius 1 is 1.16 bits per heavy atom. The number of fused-ring (bicyclic) bond motifs is 1. The van der Waals surface area contributed by atoms with Crippen molar-refractivity contribution in [1.82, 2.24) is 4.57 Å². The Morgan fingerprint density at radius 3 is 2.58 bits per heavy atom. The van der Waals surface area contributed by atoms with E-state index in [1.165, 1.54) is 22.2 Å². The number of hydrogen-bond donors (Lipinski definition) is 3. The Kier molecular flexibility index (Phi) is 7.16. The number of benzene rings is 2. The maximum absolute atomic E-state index is 11.3. The van der Waals surface area contributed by atoms with Gasteiger partial charge in [0.1, 0.15) is 0 Å². The Morgan fingerprint density at radius 2 is 1.90 bits per heavy atom. The Labute approximate surface area is 189 Å². The number of rotatable bonds is 9. The standard InChI is InChI=1S/C25H32ClN3O2/c1-6-7-20(13-24(30)31)28-23-10-15(2)8-9-22(23)27-14-18-11-19(26)12-21-16(3)17(4)29(5)25(18)21/h8-12,20,27-28H,6-7,13-14H2,1-5H3,(H,30,31). The Bertz CT molecular complexity index is 1100. The number of aliphatic carboxylic acids is 1. The third-order valence-corrected chi connectivity index (χ3v) is 6.22. The second kappa shape index (κ2) is 9.65. The highest BCUT2D eigenvalue weighted by Gasteiger charge is 2.16. The summed E-state index contributed by atoms with van der Waals surface area (Å²) in [5, 5.41) is 18.2. The van der Waals surface area contributed by atoms with Crippen LogP contribution in [0.15, 0.2) is 30.3 Å². The first-order chi connectivity index (χ1) is 14.7. The summed E-state index contributed by atoms with van der Waals surface area (Å²) in [4.78, 5) is 11.3. The van der Waals surface area contributed by atoms with Crippen LogP contribution in [0.3, 0.4) is 0 Å². The third kappa shape index (κ3) is 5.16. The molecule has 0 bridgehead atoms. The first-order valence-corrected chi connectivity index (χ1v) is 11.2. The van der Waals surface area contributed by atoms with Gasteiger partial charge in [0.05, 0.1) is 23.3 Å². The molecule has 3 rings (SSSR count). The van der Waals surface area contributed by atoms with E-state index < -0.39 is 5.97 Å². The van der Waals surface area contributed by atoms with Gasteiger partial charge < -0.3 is 20.3 Å². The van der Waals surface area contributed by atoms with Crippen molar-refractivity contribution in [3.8, 4) is 0 Å². The maximum Gasteiger partial charge on any atom is 0.305 e. The van der Waals surface area contributed by atoms with Crippen LogP contribution in [0.4, 0.5) is 11.4 Å². The summed E-state index contributed by atoms with van der Waals surface area (Å²) >= 11 is 6.44. The second-order valence-corrected chi connectivity index (χ2v) is 8.80. The summed E-state index contributed by atoms with van der Waals surface area (Å²) in [7, 11) is 2.09. The summed E-state index contributed by atoms with van der Waals surface area (Å²) in [6.45, 7) is 8.97. The van der Waals surface area contributed by atoms with E-state index in [9.17, 15) is 9.90 Å². The fraction of sp³-hybridized carbons (Fsp3) is 0.400. The largest absolute Gasteiger partial charge is 0.481 e. The average Bonchev–Trinajstić information content (AvgIpc) is 2.91. The van der Waals surface area contributed by atoms with Gasteiger partial charge in [0, 0.05) is 35.7 Å². The Hall–Kier alpha value is -2.66. The fourth-order valence-corrected chi connectivity index (χ4v) is 4.45. The SMILES string of the molecule is CCCC(CC(=O)O)Nc1cc(C)ccc1NCc1cc(Cl)cc2c(C)c(C)n(C)c12. The van der Waals surface area contributed by atoms with Gasteiger partial charge in [-0.15, -0.1) is 0 Å². The molecule has 0 aliphatic rings. The van der Waals surface area contributed by atoms with Crippen molar-refractivity contribution in [2.75, 3.05) is 10.6 Å². The molecule has 0 radical (unpaired) electrons. The Balaban J connectivity index is 1.91. The predicted octanol–water partition coefficient (Wildman–Crippen LogP) is 6.42. The van der Waals surface area contributed by atoms with Crippen molar-refractivity contribution >= 4 is 39.8 Å². The zero-order valence-corrected chi connectivity index (χ0v) is 19.7. The van der Waals surface area contributed by atoms with Crippen molar-refractivity contribution in [3.63, 3.8) is 0 Å². The van der Waals surface area contributed by atoms with Gasteiger partial charge >= 0.3 is 5.97 Å². The third-order valence-electron chi connectivity index (χ3n) is 6.00. The van der Waals surface area contributed by atoms with Gasteiger partial charge in [-0.1, -0.05) is 31.0 Å². The number of nitrogens with one attached hydrogen (secondary N) is 2. The molecule has 0 aliphatic heterocycles. The van der Waals surface area contributed by atoms with E-state index in [0.29, 0.717) is 6.54 Å². The van der Waals surface area contributed by atoms with Gasteiger partial charge in [-0.25, -0.2) is 0 Å². The lowest BCUT2D eigenvalue weighted by molar-refractivity contribution is -0.137. The molecule has 1 atom stereocenters. The van der Waals surface area contributed by atoms with E-state index in [-0.39, 0.29) is 12.5 Å². The molecule has 1 heterocycles. The minimum absolute atomic E-state index is 0.0953. The minimum Gasteiger partial charge on any atom is -0.481 e.